The Bertz CT molecular complexity index is 647. The fourth-order valence-electron chi connectivity index (χ4n) is 3.33. The first-order chi connectivity index (χ1) is 11.1. The molecule has 0 spiro atoms. The summed E-state index contributed by atoms with van der Waals surface area (Å²) < 4.78 is 0. The van der Waals surface area contributed by atoms with Crippen molar-refractivity contribution in [1.82, 2.24) is 4.98 Å². The van der Waals surface area contributed by atoms with Gasteiger partial charge in [-0.05, 0) is 5.41 Å². The van der Waals surface area contributed by atoms with Crippen LogP contribution in [-0.2, 0) is 37.0 Å². The smallest absolute Gasteiger partial charge is 1.00 e. The molecule has 1 atom stereocenters. The summed E-state index contributed by atoms with van der Waals surface area (Å²) in [5, 5.41) is 0.328. The van der Waals surface area contributed by atoms with Crippen molar-refractivity contribution in [2.24, 2.45) is 0 Å². The van der Waals surface area contributed by atoms with E-state index < -0.39 is 8.80 Å². The van der Waals surface area contributed by atoms with E-state index in [1.54, 1.807) is 5.57 Å². The van der Waals surface area contributed by atoms with Gasteiger partial charge in [0.1, 0.15) is 0 Å². The third-order valence-electron chi connectivity index (χ3n) is 5.75. The molecule has 1 N–H and O–H groups in total. The summed E-state index contributed by atoms with van der Waals surface area (Å²) in [5.41, 5.74) is 7.47. The van der Waals surface area contributed by atoms with Gasteiger partial charge in [0, 0.05) is 8.80 Å². The predicted octanol–water partition coefficient (Wildman–Crippen LogP) is 0.748. The molecule has 5 heteroatoms. The number of hydrogen-bond donors (Lipinski definition) is 1. The Kier molecular flexibility index (Phi) is 13.9. The Labute approximate surface area is 208 Å². The number of halogens is 2. The molecule has 1 heterocycles. The second-order valence-electron chi connectivity index (χ2n) is 10.1. The topological polar surface area (TPSA) is 15.8 Å². The van der Waals surface area contributed by atoms with Gasteiger partial charge in [-0.1, -0.05) is 85.9 Å². The normalized spacial score (nSPS) is 19.1. The van der Waals surface area contributed by atoms with Gasteiger partial charge in [-0.2, -0.15) is 16.7 Å². The van der Waals surface area contributed by atoms with E-state index in [1.165, 1.54) is 22.3 Å². The summed E-state index contributed by atoms with van der Waals surface area (Å²) >= 11 is 0. The van der Waals surface area contributed by atoms with Crippen LogP contribution in [0, 0.1) is 12.3 Å². The van der Waals surface area contributed by atoms with Gasteiger partial charge >= 0.3 is 26.2 Å². The minimum atomic E-state index is -0.663. The maximum Gasteiger partial charge on any atom is 4.00 e. The van der Waals surface area contributed by atoms with Gasteiger partial charge in [-0.3, -0.25) is 6.08 Å². The first-order valence-corrected chi connectivity index (χ1v) is 12.4. The molecular formula is C23H39Cl2NSiZr. The van der Waals surface area contributed by atoms with Crippen LogP contribution in [0.1, 0.15) is 80.4 Å². The van der Waals surface area contributed by atoms with Crippen molar-refractivity contribution in [3.8, 4) is 0 Å². The van der Waals surface area contributed by atoms with Crippen LogP contribution >= 0.6 is 0 Å². The molecule has 1 aliphatic carbocycles. The summed E-state index contributed by atoms with van der Waals surface area (Å²) in [4.78, 5) is 3.09. The summed E-state index contributed by atoms with van der Waals surface area (Å²) in [6.07, 6.45) is 8.93. The summed E-state index contributed by atoms with van der Waals surface area (Å²) in [7, 11) is -0.663. The molecule has 0 aliphatic heterocycles. The van der Waals surface area contributed by atoms with E-state index >= 15 is 0 Å². The van der Waals surface area contributed by atoms with Gasteiger partial charge < -0.3 is 29.8 Å². The van der Waals surface area contributed by atoms with Gasteiger partial charge in [-0.15, -0.1) is 24.9 Å². The van der Waals surface area contributed by atoms with Crippen LogP contribution in [0.4, 0.5) is 0 Å². The molecule has 0 aromatic carbocycles. The second-order valence-corrected chi connectivity index (χ2v) is 13.5. The Morgan fingerprint density at radius 2 is 1.39 bits per heavy atom. The van der Waals surface area contributed by atoms with Crippen LogP contribution in [0.2, 0.25) is 18.1 Å². The van der Waals surface area contributed by atoms with Crippen LogP contribution in [0.3, 0.4) is 0 Å². The monoisotopic (exact) mass is 517 g/mol. The number of hydrogen-bond acceptors (Lipinski definition) is 0. The molecule has 1 aliphatic rings. The third-order valence-corrected chi connectivity index (χ3v) is 8.63. The standard InChI is InChI=1S/C12H20N.C11H19Si.2ClH.Zr/c1-11(2,3)9-7-13-8-10(9)12(4,5)6;1-8-7-11(4,12(5)6)10(3)9(8)2;;;/h7,13H,1-6H3;12H,1-6H3;2*1H;/q2*-1;;;+4/p-2. The van der Waals surface area contributed by atoms with Crippen molar-refractivity contribution in [1.29, 1.82) is 0 Å². The van der Waals surface area contributed by atoms with Crippen molar-refractivity contribution < 1.29 is 51.0 Å². The molecule has 158 valence electrons. The zero-order chi connectivity index (χ0) is 19.8. The third kappa shape index (κ3) is 7.60. The van der Waals surface area contributed by atoms with Crippen LogP contribution in [0.15, 0.2) is 22.9 Å². The molecule has 1 nitrogen and oxygen atoms in total. The van der Waals surface area contributed by atoms with Crippen molar-refractivity contribution in [2.75, 3.05) is 0 Å². The number of aromatic amines is 1. The van der Waals surface area contributed by atoms with E-state index in [2.05, 4.69) is 106 Å². The SMILES string of the molecule is CC(C)(C)c1[c-][nH]cc1C(C)(C)C.CC1=[C-]C(C)([SiH](C)C)C(C)=C1C.[Cl-].[Cl-].[Zr+4]. The fourth-order valence-corrected chi connectivity index (χ4v) is 4.92. The summed E-state index contributed by atoms with van der Waals surface area (Å²) in [5.74, 6) is 0. The van der Waals surface area contributed by atoms with E-state index in [4.69, 9.17) is 0 Å². The molecule has 0 fully saturated rings. The zero-order valence-corrected chi connectivity index (χ0v) is 25.0. The number of rotatable bonds is 1. The van der Waals surface area contributed by atoms with E-state index in [9.17, 15) is 0 Å². The molecule has 1 unspecified atom stereocenters. The van der Waals surface area contributed by atoms with Crippen molar-refractivity contribution in [3.05, 3.63) is 46.3 Å². The van der Waals surface area contributed by atoms with Crippen LogP contribution < -0.4 is 24.8 Å². The molecule has 2 rings (SSSR count). The van der Waals surface area contributed by atoms with E-state index in [-0.39, 0.29) is 61.8 Å². The molecule has 0 saturated heterocycles. The van der Waals surface area contributed by atoms with E-state index in [0.29, 0.717) is 5.04 Å². The maximum absolute atomic E-state index is 3.63. The van der Waals surface area contributed by atoms with E-state index in [1.807, 2.05) is 0 Å². The molecule has 0 bridgehead atoms. The number of H-pyrrole nitrogens is 1. The largest absolute Gasteiger partial charge is 4.00 e. The molecule has 0 saturated carbocycles. The Morgan fingerprint density at radius 3 is 1.61 bits per heavy atom. The van der Waals surface area contributed by atoms with Gasteiger partial charge in [0.15, 0.2) is 0 Å². The molecular weight excluding hydrogens is 480 g/mol. The Morgan fingerprint density at radius 1 is 0.929 bits per heavy atom. The van der Waals surface area contributed by atoms with Crippen molar-refractivity contribution in [3.63, 3.8) is 0 Å². The minimum absolute atomic E-state index is 0. The molecule has 0 radical (unpaired) electrons. The van der Waals surface area contributed by atoms with Crippen molar-refractivity contribution in [2.45, 2.75) is 98.2 Å². The summed E-state index contributed by atoms with van der Waals surface area (Å²) in [6, 6.07) is 0. The average Bonchev–Trinajstić information content (AvgIpc) is 3.01. The van der Waals surface area contributed by atoms with Gasteiger partial charge in [0.25, 0.3) is 0 Å². The molecule has 0 amide bonds. The number of aromatic nitrogens is 1. The maximum atomic E-state index is 3.63. The first-order valence-electron chi connectivity index (χ1n) is 9.52. The van der Waals surface area contributed by atoms with Crippen LogP contribution in [0.25, 0.3) is 0 Å². The average molecular weight is 520 g/mol. The number of allylic oxidation sites excluding steroid dienone is 4. The van der Waals surface area contributed by atoms with Crippen LogP contribution in [0.5, 0.6) is 0 Å². The van der Waals surface area contributed by atoms with Gasteiger partial charge in [0.2, 0.25) is 0 Å². The van der Waals surface area contributed by atoms with Gasteiger partial charge in [0.05, 0.1) is 0 Å². The van der Waals surface area contributed by atoms with Crippen LogP contribution in [-0.4, -0.2) is 13.8 Å². The zero-order valence-electron chi connectivity index (χ0n) is 19.9. The Hall–Kier alpha value is 0.440. The molecule has 1 aromatic heterocycles. The Balaban J connectivity index is -0.000000404. The summed E-state index contributed by atoms with van der Waals surface area (Å²) in [6.45, 7) is 27.2. The second kappa shape index (κ2) is 11.7. The minimum Gasteiger partial charge on any atom is -1.00 e. The fraction of sp³-hybridized carbons (Fsp3) is 0.652. The van der Waals surface area contributed by atoms with E-state index in [0.717, 1.165) is 0 Å². The van der Waals surface area contributed by atoms with Gasteiger partial charge in [-0.25, -0.2) is 5.57 Å². The van der Waals surface area contributed by atoms with Crippen molar-refractivity contribution >= 4 is 8.80 Å². The quantitative estimate of drug-likeness (QED) is 0.417. The predicted molar refractivity (Wildman–Crippen MR) is 115 cm³/mol. The molecule has 28 heavy (non-hydrogen) atoms. The molecule has 1 aromatic rings. The number of nitrogens with one attached hydrogen (secondary N) is 1. The first kappa shape index (κ1) is 33.1.